The standard InChI is InChI=1S/C11H14N2O3/c1-11(4-5-16-7-11)13-8-2-3-9(10(14)15)12-6-8/h2-3,6,13H,4-5,7H2,1H3,(H,14,15). The van der Waals surface area contributed by atoms with E-state index >= 15 is 0 Å². The highest BCUT2D eigenvalue weighted by molar-refractivity contribution is 5.85. The van der Waals surface area contributed by atoms with Gasteiger partial charge < -0.3 is 15.2 Å². The fourth-order valence-corrected chi connectivity index (χ4v) is 1.71. The van der Waals surface area contributed by atoms with Gasteiger partial charge in [-0.1, -0.05) is 0 Å². The molecule has 0 aliphatic carbocycles. The minimum Gasteiger partial charge on any atom is -0.477 e. The second-order valence-electron chi connectivity index (χ2n) is 4.23. The second-order valence-corrected chi connectivity index (χ2v) is 4.23. The van der Waals surface area contributed by atoms with Gasteiger partial charge >= 0.3 is 5.97 Å². The van der Waals surface area contributed by atoms with Gasteiger partial charge in [-0.05, 0) is 25.5 Å². The average molecular weight is 222 g/mol. The van der Waals surface area contributed by atoms with Crippen LogP contribution in [0.3, 0.4) is 0 Å². The van der Waals surface area contributed by atoms with Crippen molar-refractivity contribution in [1.82, 2.24) is 4.98 Å². The number of hydrogen-bond donors (Lipinski definition) is 2. The highest BCUT2D eigenvalue weighted by Gasteiger charge is 2.29. The largest absolute Gasteiger partial charge is 0.477 e. The van der Waals surface area contributed by atoms with E-state index in [2.05, 4.69) is 17.2 Å². The molecule has 0 saturated carbocycles. The maximum absolute atomic E-state index is 10.6. The number of carboxylic acids is 1. The lowest BCUT2D eigenvalue weighted by molar-refractivity contribution is 0.0690. The van der Waals surface area contributed by atoms with E-state index in [1.807, 2.05) is 0 Å². The summed E-state index contributed by atoms with van der Waals surface area (Å²) in [4.78, 5) is 14.5. The van der Waals surface area contributed by atoms with Crippen LogP contribution in [0.2, 0.25) is 0 Å². The number of carbonyl (C=O) groups is 1. The Morgan fingerprint density at radius 3 is 2.94 bits per heavy atom. The predicted molar refractivity (Wildman–Crippen MR) is 58.7 cm³/mol. The lowest BCUT2D eigenvalue weighted by Crippen LogP contribution is -2.34. The molecule has 1 saturated heterocycles. The lowest BCUT2D eigenvalue weighted by Gasteiger charge is -2.24. The molecule has 5 nitrogen and oxygen atoms in total. The third kappa shape index (κ3) is 2.30. The van der Waals surface area contributed by atoms with E-state index in [0.29, 0.717) is 6.61 Å². The zero-order valence-corrected chi connectivity index (χ0v) is 9.06. The van der Waals surface area contributed by atoms with Crippen molar-refractivity contribution in [3.63, 3.8) is 0 Å². The van der Waals surface area contributed by atoms with Crippen molar-refractivity contribution < 1.29 is 14.6 Å². The first-order chi connectivity index (χ1) is 7.59. The number of anilines is 1. The van der Waals surface area contributed by atoms with Gasteiger partial charge in [0, 0.05) is 6.61 Å². The summed E-state index contributed by atoms with van der Waals surface area (Å²) >= 11 is 0. The van der Waals surface area contributed by atoms with Crippen molar-refractivity contribution in [3.05, 3.63) is 24.0 Å². The number of hydrogen-bond acceptors (Lipinski definition) is 4. The van der Waals surface area contributed by atoms with E-state index < -0.39 is 5.97 Å². The van der Waals surface area contributed by atoms with E-state index in [-0.39, 0.29) is 11.2 Å². The minimum absolute atomic E-state index is 0.0541. The highest BCUT2D eigenvalue weighted by Crippen LogP contribution is 2.23. The summed E-state index contributed by atoms with van der Waals surface area (Å²) in [5.41, 5.74) is 0.795. The summed E-state index contributed by atoms with van der Waals surface area (Å²) in [5.74, 6) is -1.01. The molecule has 0 amide bonds. The van der Waals surface area contributed by atoms with Crippen LogP contribution in [0.15, 0.2) is 18.3 Å². The van der Waals surface area contributed by atoms with Crippen LogP contribution in [0, 0.1) is 0 Å². The average Bonchev–Trinajstić information content (AvgIpc) is 2.65. The Hall–Kier alpha value is -1.62. The van der Waals surface area contributed by atoms with Gasteiger partial charge in [-0.2, -0.15) is 0 Å². The minimum atomic E-state index is -1.01. The van der Waals surface area contributed by atoms with Crippen LogP contribution < -0.4 is 5.32 Å². The molecule has 1 aromatic rings. The molecule has 1 aromatic heterocycles. The summed E-state index contributed by atoms with van der Waals surface area (Å²) in [5, 5.41) is 12.0. The van der Waals surface area contributed by atoms with Gasteiger partial charge in [0.05, 0.1) is 24.0 Å². The molecule has 0 bridgehead atoms. The van der Waals surface area contributed by atoms with Gasteiger partial charge in [0.2, 0.25) is 0 Å². The second kappa shape index (κ2) is 4.09. The lowest BCUT2D eigenvalue weighted by atomic mass is 10.0. The molecule has 1 unspecified atom stereocenters. The van der Waals surface area contributed by atoms with Gasteiger partial charge in [0.25, 0.3) is 0 Å². The Morgan fingerprint density at radius 1 is 1.62 bits per heavy atom. The molecular formula is C11H14N2O3. The number of ether oxygens (including phenoxy) is 1. The number of aromatic carboxylic acids is 1. The Bertz CT molecular complexity index is 383. The smallest absolute Gasteiger partial charge is 0.354 e. The zero-order valence-electron chi connectivity index (χ0n) is 9.06. The van der Waals surface area contributed by atoms with Crippen molar-refractivity contribution in [2.75, 3.05) is 18.5 Å². The van der Waals surface area contributed by atoms with E-state index in [9.17, 15) is 4.79 Å². The van der Waals surface area contributed by atoms with Crippen LogP contribution in [0.1, 0.15) is 23.8 Å². The number of aromatic nitrogens is 1. The van der Waals surface area contributed by atoms with Crippen LogP contribution in [0.4, 0.5) is 5.69 Å². The summed E-state index contributed by atoms with van der Waals surface area (Å²) in [6.45, 7) is 3.49. The first-order valence-corrected chi connectivity index (χ1v) is 5.14. The molecule has 0 spiro atoms. The van der Waals surface area contributed by atoms with Crippen molar-refractivity contribution in [2.45, 2.75) is 18.9 Å². The molecule has 1 fully saturated rings. The number of rotatable bonds is 3. The van der Waals surface area contributed by atoms with E-state index in [4.69, 9.17) is 9.84 Å². The zero-order chi connectivity index (χ0) is 11.6. The summed E-state index contributed by atoms with van der Waals surface area (Å²) in [7, 11) is 0. The molecular weight excluding hydrogens is 208 g/mol. The van der Waals surface area contributed by atoms with Crippen LogP contribution in [-0.4, -0.2) is 34.8 Å². The molecule has 1 aliphatic heterocycles. The van der Waals surface area contributed by atoms with Crippen LogP contribution in [-0.2, 0) is 4.74 Å². The van der Waals surface area contributed by atoms with Crippen LogP contribution in [0.5, 0.6) is 0 Å². The maximum Gasteiger partial charge on any atom is 0.354 e. The first-order valence-electron chi connectivity index (χ1n) is 5.14. The number of nitrogens with zero attached hydrogens (tertiary/aromatic N) is 1. The maximum atomic E-state index is 10.6. The van der Waals surface area contributed by atoms with Gasteiger partial charge in [-0.3, -0.25) is 0 Å². The molecule has 16 heavy (non-hydrogen) atoms. The summed E-state index contributed by atoms with van der Waals surface area (Å²) in [6.07, 6.45) is 2.47. The quantitative estimate of drug-likeness (QED) is 0.808. The third-order valence-electron chi connectivity index (χ3n) is 2.65. The molecule has 5 heteroatoms. The topological polar surface area (TPSA) is 71.5 Å². The number of nitrogens with one attached hydrogen (secondary N) is 1. The van der Waals surface area contributed by atoms with Crippen molar-refractivity contribution >= 4 is 11.7 Å². The molecule has 0 aromatic carbocycles. The fourth-order valence-electron chi connectivity index (χ4n) is 1.71. The van der Waals surface area contributed by atoms with Crippen LogP contribution in [0.25, 0.3) is 0 Å². The molecule has 1 atom stereocenters. The Labute approximate surface area is 93.5 Å². The normalized spacial score (nSPS) is 24.3. The SMILES string of the molecule is CC1(Nc2ccc(C(=O)O)nc2)CCOC1. The van der Waals surface area contributed by atoms with Gasteiger partial charge in [-0.25, -0.2) is 9.78 Å². The van der Waals surface area contributed by atoms with Crippen molar-refractivity contribution in [1.29, 1.82) is 0 Å². The van der Waals surface area contributed by atoms with Crippen molar-refractivity contribution in [3.8, 4) is 0 Å². The Morgan fingerprint density at radius 2 is 2.44 bits per heavy atom. The summed E-state index contributed by atoms with van der Waals surface area (Å²) in [6, 6.07) is 3.21. The van der Waals surface area contributed by atoms with E-state index in [1.165, 1.54) is 12.3 Å². The number of pyridine rings is 1. The molecule has 2 N–H and O–H groups in total. The van der Waals surface area contributed by atoms with Gasteiger partial charge in [0.15, 0.2) is 0 Å². The van der Waals surface area contributed by atoms with Crippen LogP contribution >= 0.6 is 0 Å². The molecule has 0 radical (unpaired) electrons. The van der Waals surface area contributed by atoms with Gasteiger partial charge in [-0.15, -0.1) is 0 Å². The molecule has 2 heterocycles. The van der Waals surface area contributed by atoms with E-state index in [1.54, 1.807) is 6.07 Å². The molecule has 1 aliphatic rings. The first kappa shape index (κ1) is 10.9. The fraction of sp³-hybridized carbons (Fsp3) is 0.455. The van der Waals surface area contributed by atoms with E-state index in [0.717, 1.165) is 18.7 Å². The Kier molecular flexibility index (Phi) is 2.78. The third-order valence-corrected chi connectivity index (χ3v) is 2.65. The monoisotopic (exact) mass is 222 g/mol. The van der Waals surface area contributed by atoms with Crippen molar-refractivity contribution in [2.24, 2.45) is 0 Å². The molecule has 2 rings (SSSR count). The van der Waals surface area contributed by atoms with Gasteiger partial charge in [0.1, 0.15) is 5.69 Å². The molecule has 86 valence electrons. The number of carboxylic acid groups (broad SMARTS) is 1. The predicted octanol–water partition coefficient (Wildman–Crippen LogP) is 1.37. The Balaban J connectivity index is 2.07. The summed E-state index contributed by atoms with van der Waals surface area (Å²) < 4.78 is 5.32. The highest BCUT2D eigenvalue weighted by atomic mass is 16.5.